The average molecular weight is 391 g/mol. The van der Waals surface area contributed by atoms with E-state index in [9.17, 15) is 23.1 Å². The molecule has 0 aromatic heterocycles. The van der Waals surface area contributed by atoms with Gasteiger partial charge in [0.1, 0.15) is 5.75 Å². The third kappa shape index (κ3) is 4.28. The summed E-state index contributed by atoms with van der Waals surface area (Å²) in [4.78, 5) is 11.4. The number of phenols is 1. The van der Waals surface area contributed by atoms with Crippen molar-refractivity contribution in [3.63, 3.8) is 0 Å². The number of aromatic hydroxyl groups is 1. The minimum Gasteiger partial charge on any atom is -0.504 e. The number of likely N-dealkylation sites (N-methyl/N-ethyl adjacent to an activating group) is 1. The lowest BCUT2D eigenvalue weighted by Crippen LogP contribution is -2.24. The molecule has 0 saturated heterocycles. The molecule has 3 rings (SSSR count). The molecule has 1 amide bonds. The fourth-order valence-corrected chi connectivity index (χ4v) is 2.75. The Labute approximate surface area is 158 Å². The minimum absolute atomic E-state index is 0.164. The monoisotopic (exact) mass is 391 g/mol. The Bertz CT molecular complexity index is 1020. The van der Waals surface area contributed by atoms with E-state index < -0.39 is 17.9 Å². The first-order valence-electron chi connectivity index (χ1n) is 8.23. The summed E-state index contributed by atoms with van der Waals surface area (Å²) in [6.45, 7) is -0.164. The zero-order valence-corrected chi connectivity index (χ0v) is 14.7. The summed E-state index contributed by atoms with van der Waals surface area (Å²) in [6, 6.07) is 14.2. The van der Waals surface area contributed by atoms with Crippen molar-refractivity contribution < 1.29 is 32.5 Å². The van der Waals surface area contributed by atoms with Crippen LogP contribution < -0.4 is 14.8 Å². The molecule has 28 heavy (non-hydrogen) atoms. The molecule has 0 saturated carbocycles. The lowest BCUT2D eigenvalue weighted by molar-refractivity contribution is -0.275. The number of carbonyl (C=O) groups excluding carboxylic acids is 1. The fraction of sp³-hybridized carbons (Fsp3) is 0.150. The lowest BCUT2D eigenvalue weighted by atomic mass is 9.97. The van der Waals surface area contributed by atoms with E-state index in [-0.39, 0.29) is 12.5 Å². The van der Waals surface area contributed by atoms with Crippen LogP contribution in [0.4, 0.5) is 13.2 Å². The van der Waals surface area contributed by atoms with Gasteiger partial charge >= 0.3 is 6.36 Å². The molecule has 0 spiro atoms. The SMILES string of the molecule is CNC(=O)COc1ccc(-c2ccc(O)c(OC(F)(F)F)c2)c2ccccc12. The van der Waals surface area contributed by atoms with Crippen LogP contribution in [0.5, 0.6) is 17.2 Å². The molecule has 0 aliphatic heterocycles. The number of alkyl halides is 3. The molecular weight excluding hydrogens is 375 g/mol. The predicted octanol–water partition coefficient (Wildman–Crippen LogP) is 4.24. The standard InChI is InChI=1S/C20H16F3NO4/c1-24-19(26)11-27-17-9-7-13(14-4-2-3-5-15(14)17)12-6-8-16(25)18(10-12)28-20(21,22)23/h2-10,25H,11H2,1H3,(H,24,26). The van der Waals surface area contributed by atoms with E-state index in [0.29, 0.717) is 27.6 Å². The van der Waals surface area contributed by atoms with Crippen LogP contribution in [0.25, 0.3) is 21.9 Å². The Balaban J connectivity index is 2.05. The van der Waals surface area contributed by atoms with E-state index in [1.54, 1.807) is 36.4 Å². The number of phenolic OH excluding ortho intramolecular Hbond substituents is 1. The van der Waals surface area contributed by atoms with Crippen molar-refractivity contribution in [3.8, 4) is 28.4 Å². The summed E-state index contributed by atoms with van der Waals surface area (Å²) >= 11 is 0. The van der Waals surface area contributed by atoms with Crippen LogP contribution in [0.1, 0.15) is 0 Å². The van der Waals surface area contributed by atoms with Crippen LogP contribution in [-0.2, 0) is 4.79 Å². The van der Waals surface area contributed by atoms with E-state index in [0.717, 1.165) is 12.1 Å². The maximum absolute atomic E-state index is 12.6. The van der Waals surface area contributed by atoms with Gasteiger partial charge in [0.25, 0.3) is 5.91 Å². The number of ether oxygens (including phenoxy) is 2. The summed E-state index contributed by atoms with van der Waals surface area (Å²) in [5, 5.41) is 13.5. The summed E-state index contributed by atoms with van der Waals surface area (Å²) in [5.74, 6) is -1.13. The zero-order chi connectivity index (χ0) is 20.3. The van der Waals surface area contributed by atoms with Gasteiger partial charge in [-0.05, 0) is 34.7 Å². The van der Waals surface area contributed by atoms with E-state index in [1.165, 1.54) is 13.1 Å². The highest BCUT2D eigenvalue weighted by Crippen LogP contribution is 2.39. The molecule has 0 unspecified atom stereocenters. The van der Waals surface area contributed by atoms with Crippen LogP contribution in [0.15, 0.2) is 54.6 Å². The Kier molecular flexibility index (Phi) is 5.30. The number of carbonyl (C=O) groups is 1. The molecule has 0 fully saturated rings. The highest BCUT2D eigenvalue weighted by atomic mass is 19.4. The Morgan fingerprint density at radius 2 is 1.75 bits per heavy atom. The van der Waals surface area contributed by atoms with E-state index in [1.807, 2.05) is 0 Å². The second-order valence-electron chi connectivity index (χ2n) is 5.85. The van der Waals surface area contributed by atoms with E-state index in [2.05, 4.69) is 10.1 Å². The van der Waals surface area contributed by atoms with Crippen LogP contribution >= 0.6 is 0 Å². The molecule has 3 aromatic carbocycles. The van der Waals surface area contributed by atoms with Crippen LogP contribution in [0.2, 0.25) is 0 Å². The average Bonchev–Trinajstić information content (AvgIpc) is 2.66. The predicted molar refractivity (Wildman–Crippen MR) is 97.3 cm³/mol. The number of nitrogens with one attached hydrogen (secondary N) is 1. The van der Waals surface area contributed by atoms with Gasteiger partial charge in [-0.25, -0.2) is 0 Å². The highest BCUT2D eigenvalue weighted by Gasteiger charge is 2.32. The second kappa shape index (κ2) is 7.67. The first-order chi connectivity index (χ1) is 13.3. The molecule has 0 atom stereocenters. The molecule has 0 aliphatic rings. The first-order valence-corrected chi connectivity index (χ1v) is 8.23. The third-order valence-corrected chi connectivity index (χ3v) is 4.02. The molecule has 2 N–H and O–H groups in total. The van der Waals surface area contributed by atoms with Gasteiger partial charge in [-0.2, -0.15) is 0 Å². The Morgan fingerprint density at radius 1 is 1.04 bits per heavy atom. The van der Waals surface area contributed by atoms with E-state index >= 15 is 0 Å². The van der Waals surface area contributed by atoms with Crippen molar-refractivity contribution in [3.05, 3.63) is 54.6 Å². The summed E-state index contributed by atoms with van der Waals surface area (Å²) < 4.78 is 47.1. The second-order valence-corrected chi connectivity index (χ2v) is 5.85. The molecule has 8 heteroatoms. The molecule has 0 radical (unpaired) electrons. The normalized spacial score (nSPS) is 11.3. The summed E-state index contributed by atoms with van der Waals surface area (Å²) in [5.41, 5.74) is 1.04. The van der Waals surface area contributed by atoms with Crippen molar-refractivity contribution in [2.24, 2.45) is 0 Å². The minimum atomic E-state index is -4.92. The first kappa shape index (κ1) is 19.3. The summed E-state index contributed by atoms with van der Waals surface area (Å²) in [7, 11) is 1.50. The molecule has 5 nitrogen and oxygen atoms in total. The fourth-order valence-electron chi connectivity index (χ4n) is 2.75. The number of benzene rings is 3. The molecule has 3 aromatic rings. The number of rotatable bonds is 5. The third-order valence-electron chi connectivity index (χ3n) is 4.02. The molecular formula is C20H16F3NO4. The van der Waals surface area contributed by atoms with Gasteiger partial charge < -0.3 is 19.9 Å². The Morgan fingerprint density at radius 3 is 2.43 bits per heavy atom. The van der Waals surface area contributed by atoms with Gasteiger partial charge in [0.15, 0.2) is 18.1 Å². The molecule has 0 bridgehead atoms. The van der Waals surface area contributed by atoms with Gasteiger partial charge in [0, 0.05) is 12.4 Å². The van der Waals surface area contributed by atoms with Crippen molar-refractivity contribution in [1.29, 1.82) is 0 Å². The number of fused-ring (bicyclic) bond motifs is 1. The van der Waals surface area contributed by atoms with Crippen molar-refractivity contribution in [2.75, 3.05) is 13.7 Å². The smallest absolute Gasteiger partial charge is 0.504 e. The van der Waals surface area contributed by atoms with Crippen LogP contribution in [-0.4, -0.2) is 31.0 Å². The quantitative estimate of drug-likeness (QED) is 0.683. The van der Waals surface area contributed by atoms with Gasteiger partial charge in [-0.15, -0.1) is 13.2 Å². The van der Waals surface area contributed by atoms with Crippen molar-refractivity contribution >= 4 is 16.7 Å². The summed E-state index contributed by atoms with van der Waals surface area (Å²) in [6.07, 6.45) is -4.92. The maximum Gasteiger partial charge on any atom is 0.573 e. The lowest BCUT2D eigenvalue weighted by Gasteiger charge is -2.14. The maximum atomic E-state index is 12.6. The number of hydrogen-bond donors (Lipinski definition) is 2. The van der Waals surface area contributed by atoms with Crippen molar-refractivity contribution in [1.82, 2.24) is 5.32 Å². The van der Waals surface area contributed by atoms with E-state index in [4.69, 9.17) is 4.74 Å². The number of hydrogen-bond acceptors (Lipinski definition) is 4. The number of halogens is 3. The Hall–Kier alpha value is -3.42. The highest BCUT2D eigenvalue weighted by molar-refractivity contribution is 6.00. The van der Waals surface area contributed by atoms with Gasteiger partial charge in [-0.3, -0.25) is 4.79 Å². The molecule has 0 heterocycles. The molecule has 0 aliphatic carbocycles. The van der Waals surface area contributed by atoms with Crippen LogP contribution in [0.3, 0.4) is 0 Å². The van der Waals surface area contributed by atoms with Crippen LogP contribution in [0, 0.1) is 0 Å². The van der Waals surface area contributed by atoms with Gasteiger partial charge in [-0.1, -0.05) is 36.4 Å². The van der Waals surface area contributed by atoms with Crippen molar-refractivity contribution in [2.45, 2.75) is 6.36 Å². The molecule has 146 valence electrons. The number of amides is 1. The largest absolute Gasteiger partial charge is 0.573 e. The van der Waals surface area contributed by atoms with Gasteiger partial charge in [0.2, 0.25) is 0 Å². The topological polar surface area (TPSA) is 67.8 Å². The van der Waals surface area contributed by atoms with Gasteiger partial charge in [0.05, 0.1) is 0 Å². The zero-order valence-electron chi connectivity index (χ0n) is 14.7.